The van der Waals surface area contributed by atoms with E-state index >= 15 is 0 Å². The molecule has 2 aliphatic carbocycles. The fourth-order valence-electron chi connectivity index (χ4n) is 4.11. The highest BCUT2D eigenvalue weighted by Crippen LogP contribution is 2.29. The van der Waals surface area contributed by atoms with Crippen LogP contribution in [0, 0.1) is 5.92 Å². The maximum absolute atomic E-state index is 3.79. The molecule has 0 aromatic heterocycles. The predicted octanol–water partition coefficient (Wildman–Crippen LogP) is 4.28. The molecular formula is C19H29N. The molecule has 1 fully saturated rings. The van der Waals surface area contributed by atoms with Gasteiger partial charge >= 0.3 is 0 Å². The van der Waals surface area contributed by atoms with Crippen molar-refractivity contribution in [2.75, 3.05) is 6.54 Å². The van der Waals surface area contributed by atoms with Crippen molar-refractivity contribution in [1.29, 1.82) is 0 Å². The van der Waals surface area contributed by atoms with Crippen LogP contribution in [-0.4, -0.2) is 12.6 Å². The van der Waals surface area contributed by atoms with Gasteiger partial charge in [-0.25, -0.2) is 0 Å². The molecule has 0 bridgehead atoms. The highest BCUT2D eigenvalue weighted by Gasteiger charge is 2.25. The van der Waals surface area contributed by atoms with Crippen molar-refractivity contribution in [3.63, 3.8) is 0 Å². The van der Waals surface area contributed by atoms with Crippen LogP contribution in [-0.2, 0) is 19.3 Å². The lowest BCUT2D eigenvalue weighted by Gasteiger charge is -2.32. The summed E-state index contributed by atoms with van der Waals surface area (Å²) < 4.78 is 0. The van der Waals surface area contributed by atoms with Gasteiger partial charge in [0, 0.05) is 6.04 Å². The topological polar surface area (TPSA) is 12.0 Å². The van der Waals surface area contributed by atoms with Crippen molar-refractivity contribution in [2.45, 2.75) is 70.8 Å². The Morgan fingerprint density at radius 3 is 2.80 bits per heavy atom. The second kappa shape index (κ2) is 6.76. The minimum atomic E-state index is 0.761. The van der Waals surface area contributed by atoms with E-state index in [2.05, 4.69) is 30.4 Å². The van der Waals surface area contributed by atoms with E-state index < -0.39 is 0 Å². The number of benzene rings is 1. The summed E-state index contributed by atoms with van der Waals surface area (Å²) in [6.45, 7) is 3.46. The molecule has 1 aromatic carbocycles. The van der Waals surface area contributed by atoms with Crippen LogP contribution in [0.4, 0.5) is 0 Å². The SMILES string of the molecule is CCCNC1CCCCC1Cc1ccc2c(c1)CCC2. The first-order valence-electron chi connectivity index (χ1n) is 8.71. The van der Waals surface area contributed by atoms with Gasteiger partial charge in [0.1, 0.15) is 0 Å². The second-order valence-electron chi connectivity index (χ2n) is 6.77. The lowest BCUT2D eigenvalue weighted by Crippen LogP contribution is -2.39. The second-order valence-corrected chi connectivity index (χ2v) is 6.77. The van der Waals surface area contributed by atoms with Crippen molar-refractivity contribution in [1.82, 2.24) is 5.32 Å². The van der Waals surface area contributed by atoms with Crippen LogP contribution >= 0.6 is 0 Å². The molecule has 0 radical (unpaired) electrons. The Balaban J connectivity index is 1.65. The maximum Gasteiger partial charge on any atom is 0.00984 e. The van der Waals surface area contributed by atoms with E-state index in [4.69, 9.17) is 0 Å². The molecular weight excluding hydrogens is 242 g/mol. The highest BCUT2D eigenvalue weighted by atomic mass is 14.9. The van der Waals surface area contributed by atoms with E-state index in [1.165, 1.54) is 64.3 Å². The van der Waals surface area contributed by atoms with Crippen molar-refractivity contribution >= 4 is 0 Å². The van der Waals surface area contributed by atoms with Gasteiger partial charge in [-0.1, -0.05) is 38.0 Å². The Morgan fingerprint density at radius 2 is 1.90 bits per heavy atom. The summed E-state index contributed by atoms with van der Waals surface area (Å²) >= 11 is 0. The first-order chi connectivity index (χ1) is 9.86. The van der Waals surface area contributed by atoms with Crippen LogP contribution in [0.1, 0.15) is 62.1 Å². The molecule has 0 spiro atoms. The Morgan fingerprint density at radius 1 is 1.05 bits per heavy atom. The highest BCUT2D eigenvalue weighted by molar-refractivity contribution is 5.35. The molecule has 0 amide bonds. The third-order valence-corrected chi connectivity index (χ3v) is 5.23. The molecule has 3 rings (SSSR count). The third kappa shape index (κ3) is 3.25. The standard InChI is InChI=1S/C19H29N/c1-2-12-20-19-9-4-3-6-18(19)14-15-10-11-16-7-5-8-17(16)13-15/h10-11,13,18-20H,2-9,12,14H2,1H3. The Hall–Kier alpha value is -0.820. The first kappa shape index (κ1) is 14.1. The number of rotatable bonds is 5. The van der Waals surface area contributed by atoms with Gasteiger partial charge < -0.3 is 5.32 Å². The Kier molecular flexibility index (Phi) is 4.77. The summed E-state index contributed by atoms with van der Waals surface area (Å²) in [5, 5.41) is 3.79. The number of fused-ring (bicyclic) bond motifs is 1. The zero-order chi connectivity index (χ0) is 13.8. The summed E-state index contributed by atoms with van der Waals surface area (Å²) in [5.41, 5.74) is 4.83. The van der Waals surface area contributed by atoms with Crippen LogP contribution in [0.3, 0.4) is 0 Å². The zero-order valence-electron chi connectivity index (χ0n) is 13.0. The zero-order valence-corrected chi connectivity index (χ0v) is 13.0. The van der Waals surface area contributed by atoms with Gasteiger partial charge in [-0.05, 0) is 74.1 Å². The third-order valence-electron chi connectivity index (χ3n) is 5.23. The molecule has 1 N–H and O–H groups in total. The van der Waals surface area contributed by atoms with E-state index in [1.807, 2.05) is 0 Å². The Bertz CT molecular complexity index is 437. The predicted molar refractivity (Wildman–Crippen MR) is 86.2 cm³/mol. The van der Waals surface area contributed by atoms with Crippen LogP contribution < -0.4 is 5.32 Å². The van der Waals surface area contributed by atoms with Crippen LogP contribution in [0.15, 0.2) is 18.2 Å². The maximum atomic E-state index is 3.79. The summed E-state index contributed by atoms with van der Waals surface area (Å²) in [7, 11) is 0. The quantitative estimate of drug-likeness (QED) is 0.843. The van der Waals surface area contributed by atoms with Gasteiger partial charge in [0.25, 0.3) is 0 Å². The first-order valence-corrected chi connectivity index (χ1v) is 8.71. The van der Waals surface area contributed by atoms with Crippen LogP contribution in [0.25, 0.3) is 0 Å². The van der Waals surface area contributed by atoms with E-state index in [0.717, 1.165) is 12.0 Å². The van der Waals surface area contributed by atoms with Crippen molar-refractivity contribution in [3.8, 4) is 0 Å². The van der Waals surface area contributed by atoms with Gasteiger partial charge in [-0.3, -0.25) is 0 Å². The summed E-state index contributed by atoms with van der Waals surface area (Å²) in [4.78, 5) is 0. The smallest absolute Gasteiger partial charge is 0.00984 e. The van der Waals surface area contributed by atoms with Gasteiger partial charge in [0.05, 0.1) is 0 Å². The average Bonchev–Trinajstić information content (AvgIpc) is 2.94. The fraction of sp³-hybridized carbons (Fsp3) is 0.684. The molecule has 20 heavy (non-hydrogen) atoms. The van der Waals surface area contributed by atoms with Gasteiger partial charge in [-0.2, -0.15) is 0 Å². The summed E-state index contributed by atoms with van der Waals surface area (Å²) in [6.07, 6.45) is 12.2. The van der Waals surface area contributed by atoms with Gasteiger partial charge in [0.15, 0.2) is 0 Å². The van der Waals surface area contributed by atoms with Crippen molar-refractivity contribution in [2.24, 2.45) is 5.92 Å². The lowest BCUT2D eigenvalue weighted by atomic mass is 9.80. The largest absolute Gasteiger partial charge is 0.314 e. The molecule has 1 saturated carbocycles. The fourth-order valence-corrected chi connectivity index (χ4v) is 4.11. The molecule has 1 nitrogen and oxygen atoms in total. The molecule has 110 valence electrons. The van der Waals surface area contributed by atoms with E-state index in [1.54, 1.807) is 16.7 Å². The number of hydrogen-bond acceptors (Lipinski definition) is 1. The molecule has 1 aromatic rings. The van der Waals surface area contributed by atoms with Crippen LogP contribution in [0.2, 0.25) is 0 Å². The molecule has 2 unspecified atom stereocenters. The van der Waals surface area contributed by atoms with E-state index in [9.17, 15) is 0 Å². The molecule has 0 aliphatic heterocycles. The number of hydrogen-bond donors (Lipinski definition) is 1. The minimum absolute atomic E-state index is 0.761. The van der Waals surface area contributed by atoms with Crippen molar-refractivity contribution < 1.29 is 0 Å². The number of nitrogens with one attached hydrogen (secondary N) is 1. The van der Waals surface area contributed by atoms with Crippen molar-refractivity contribution in [3.05, 3.63) is 34.9 Å². The summed E-state index contributed by atoms with van der Waals surface area (Å²) in [5.74, 6) is 0.856. The van der Waals surface area contributed by atoms with Gasteiger partial charge in [-0.15, -0.1) is 0 Å². The van der Waals surface area contributed by atoms with Gasteiger partial charge in [0.2, 0.25) is 0 Å². The molecule has 2 aliphatic rings. The molecule has 1 heteroatoms. The van der Waals surface area contributed by atoms with E-state index in [-0.39, 0.29) is 0 Å². The normalized spacial score (nSPS) is 25.6. The monoisotopic (exact) mass is 271 g/mol. The molecule has 2 atom stereocenters. The lowest BCUT2D eigenvalue weighted by molar-refractivity contribution is 0.261. The average molecular weight is 271 g/mol. The van der Waals surface area contributed by atoms with E-state index in [0.29, 0.717) is 0 Å². The Labute approximate surface area is 124 Å². The molecule has 0 saturated heterocycles. The number of aryl methyl sites for hydroxylation is 2. The molecule has 0 heterocycles. The summed E-state index contributed by atoms with van der Waals surface area (Å²) in [6, 6.07) is 8.07. The van der Waals surface area contributed by atoms with Crippen LogP contribution in [0.5, 0.6) is 0 Å². The minimum Gasteiger partial charge on any atom is -0.314 e.